The second-order valence-corrected chi connectivity index (χ2v) is 9.30. The molecule has 1 aliphatic rings. The molecule has 1 aliphatic heterocycles. The van der Waals surface area contributed by atoms with E-state index in [0.717, 1.165) is 13.8 Å². The van der Waals surface area contributed by atoms with Gasteiger partial charge in [0.15, 0.2) is 24.5 Å². The van der Waals surface area contributed by atoms with Gasteiger partial charge < -0.3 is 23.7 Å². The summed E-state index contributed by atoms with van der Waals surface area (Å²) in [5.74, 6) is 3.36. The minimum atomic E-state index is -1.37. The second kappa shape index (κ2) is 13.6. The highest BCUT2D eigenvalue weighted by Crippen LogP contribution is 2.36. The van der Waals surface area contributed by atoms with E-state index in [1.807, 2.05) is 60.7 Å². The molecule has 12 nitrogen and oxygen atoms in total. The van der Waals surface area contributed by atoms with E-state index in [2.05, 4.69) is 22.2 Å². The maximum absolute atomic E-state index is 12.3. The summed E-state index contributed by atoms with van der Waals surface area (Å²) in [5.41, 5.74) is 2.12. The highest BCUT2D eigenvalue weighted by atomic mass is 16.7. The van der Waals surface area contributed by atoms with Crippen molar-refractivity contribution >= 4 is 23.9 Å². The monoisotopic (exact) mass is 575 g/mol. The van der Waals surface area contributed by atoms with Gasteiger partial charge in [-0.3, -0.25) is 19.2 Å². The van der Waals surface area contributed by atoms with Crippen molar-refractivity contribution in [2.24, 2.45) is 0 Å². The number of hydrogen-bond donors (Lipinski definition) is 0. The van der Waals surface area contributed by atoms with Gasteiger partial charge in [-0.1, -0.05) is 59.7 Å². The summed E-state index contributed by atoms with van der Waals surface area (Å²) in [4.78, 5) is 48.3. The Hall–Kier alpha value is -5.02. The highest BCUT2D eigenvalue weighted by Gasteiger charge is 2.53. The number of hydrogen-bond acceptors (Lipinski definition) is 11. The summed E-state index contributed by atoms with van der Waals surface area (Å²) in [7, 11) is 0. The molecule has 0 amide bonds. The van der Waals surface area contributed by atoms with Gasteiger partial charge in [-0.2, -0.15) is 0 Å². The topological polar surface area (TPSA) is 145 Å². The summed E-state index contributed by atoms with van der Waals surface area (Å²) in [6.07, 6.45) is -6.49. The summed E-state index contributed by atoms with van der Waals surface area (Å²) in [6, 6.07) is 18.4. The average Bonchev–Trinajstić information content (AvgIpc) is 3.37. The molecule has 3 aromatic rings. The molecule has 0 aliphatic carbocycles. The highest BCUT2D eigenvalue weighted by molar-refractivity contribution is 5.69. The molecule has 12 heteroatoms. The van der Waals surface area contributed by atoms with Crippen LogP contribution >= 0.6 is 0 Å². The number of nitrogens with zero attached hydrogens (tertiary/aromatic N) is 3. The van der Waals surface area contributed by atoms with Gasteiger partial charge in [0.1, 0.15) is 24.1 Å². The molecule has 0 N–H and O–H groups in total. The van der Waals surface area contributed by atoms with Crippen LogP contribution in [0.4, 0.5) is 0 Å². The van der Waals surface area contributed by atoms with Crippen LogP contribution in [-0.4, -0.2) is 69.9 Å². The first-order chi connectivity index (χ1) is 20.1. The molecule has 0 bridgehead atoms. The van der Waals surface area contributed by atoms with Crippen LogP contribution in [-0.2, 0) is 42.9 Å². The van der Waals surface area contributed by atoms with E-state index in [-0.39, 0.29) is 6.61 Å². The molecule has 218 valence electrons. The first kappa shape index (κ1) is 30.0. The van der Waals surface area contributed by atoms with Crippen LogP contribution in [0.5, 0.6) is 0 Å². The van der Waals surface area contributed by atoms with Gasteiger partial charge in [0, 0.05) is 38.8 Å². The maximum atomic E-state index is 12.3. The fourth-order valence-electron chi connectivity index (χ4n) is 4.43. The summed E-state index contributed by atoms with van der Waals surface area (Å²) >= 11 is 0. The molecule has 5 atom stereocenters. The Labute approximate surface area is 241 Å². The van der Waals surface area contributed by atoms with E-state index in [0.29, 0.717) is 22.5 Å². The van der Waals surface area contributed by atoms with Crippen LogP contribution in [0.15, 0.2) is 60.7 Å². The van der Waals surface area contributed by atoms with Crippen LogP contribution in [0.25, 0.3) is 11.3 Å². The van der Waals surface area contributed by atoms with Gasteiger partial charge in [0.05, 0.1) is 0 Å². The van der Waals surface area contributed by atoms with Crippen molar-refractivity contribution in [1.29, 1.82) is 0 Å². The quantitative estimate of drug-likeness (QED) is 0.233. The third-order valence-electron chi connectivity index (χ3n) is 6.05. The zero-order valence-corrected chi connectivity index (χ0v) is 23.4. The minimum absolute atomic E-state index is 0.297. The summed E-state index contributed by atoms with van der Waals surface area (Å²) < 4.78 is 29.4. The van der Waals surface area contributed by atoms with E-state index < -0.39 is 54.5 Å². The molecular weight excluding hydrogens is 546 g/mol. The fourth-order valence-corrected chi connectivity index (χ4v) is 4.43. The molecule has 1 aromatic heterocycles. The Balaban J connectivity index is 1.89. The van der Waals surface area contributed by atoms with Crippen molar-refractivity contribution < 1.29 is 42.9 Å². The average molecular weight is 576 g/mol. The van der Waals surface area contributed by atoms with Crippen molar-refractivity contribution in [2.75, 3.05) is 6.61 Å². The lowest BCUT2D eigenvalue weighted by Crippen LogP contribution is -2.60. The lowest BCUT2D eigenvalue weighted by molar-refractivity contribution is -0.270. The van der Waals surface area contributed by atoms with Gasteiger partial charge in [0.25, 0.3) is 0 Å². The SMILES string of the molecule is CC(=O)OC[C@H]1O[C@@H](n2nnc(-c3ccccc3)c2C#Cc2ccccc2)[C@H](OC(C)=O)[C@@H](OC(C)=O)[C@@H]1OC(C)=O. The first-order valence-electron chi connectivity index (χ1n) is 13.0. The lowest BCUT2D eigenvalue weighted by atomic mass is 9.97. The number of esters is 4. The third-order valence-corrected chi connectivity index (χ3v) is 6.05. The maximum Gasteiger partial charge on any atom is 0.303 e. The molecular formula is C30H29N3O9. The van der Waals surface area contributed by atoms with Gasteiger partial charge in [-0.25, -0.2) is 4.68 Å². The van der Waals surface area contributed by atoms with Gasteiger partial charge in [0.2, 0.25) is 0 Å². The Morgan fingerprint density at radius 1 is 0.762 bits per heavy atom. The van der Waals surface area contributed by atoms with E-state index >= 15 is 0 Å². The van der Waals surface area contributed by atoms with Crippen molar-refractivity contribution in [3.63, 3.8) is 0 Å². The van der Waals surface area contributed by atoms with Crippen molar-refractivity contribution in [2.45, 2.75) is 58.3 Å². The number of benzene rings is 2. The van der Waals surface area contributed by atoms with Gasteiger partial charge in [-0.05, 0) is 18.1 Å². The van der Waals surface area contributed by atoms with Gasteiger partial charge in [-0.15, -0.1) is 5.10 Å². The molecule has 0 radical (unpaired) electrons. The van der Waals surface area contributed by atoms with Crippen molar-refractivity contribution in [3.05, 3.63) is 71.9 Å². The normalized spacial score (nSPS) is 21.3. The molecule has 2 aromatic carbocycles. The fraction of sp³-hybridized carbons (Fsp3) is 0.333. The summed E-state index contributed by atoms with van der Waals surface area (Å²) in [5, 5.41) is 8.66. The second-order valence-electron chi connectivity index (χ2n) is 9.30. The van der Waals surface area contributed by atoms with Crippen LogP contribution in [0, 0.1) is 11.8 Å². The Morgan fingerprint density at radius 3 is 1.93 bits per heavy atom. The molecule has 0 unspecified atom stereocenters. The number of rotatable bonds is 7. The molecule has 42 heavy (non-hydrogen) atoms. The number of ether oxygens (including phenoxy) is 5. The zero-order chi connectivity index (χ0) is 30.2. The molecule has 0 spiro atoms. The smallest absolute Gasteiger partial charge is 0.303 e. The third kappa shape index (κ3) is 7.38. The van der Waals surface area contributed by atoms with Crippen LogP contribution in [0.1, 0.15) is 45.2 Å². The van der Waals surface area contributed by atoms with E-state index in [1.54, 1.807) is 0 Å². The predicted molar refractivity (Wildman–Crippen MR) is 145 cm³/mol. The van der Waals surface area contributed by atoms with Crippen LogP contribution < -0.4 is 0 Å². The van der Waals surface area contributed by atoms with Crippen molar-refractivity contribution in [1.82, 2.24) is 15.0 Å². The van der Waals surface area contributed by atoms with Gasteiger partial charge >= 0.3 is 23.9 Å². The summed E-state index contributed by atoms with van der Waals surface area (Å²) in [6.45, 7) is 4.30. The number of carbonyl (C=O) groups is 4. The Morgan fingerprint density at radius 2 is 1.33 bits per heavy atom. The Kier molecular flexibility index (Phi) is 9.67. The van der Waals surface area contributed by atoms with E-state index in [9.17, 15) is 19.2 Å². The van der Waals surface area contributed by atoms with E-state index in [1.165, 1.54) is 18.5 Å². The minimum Gasteiger partial charge on any atom is -0.463 e. The predicted octanol–water partition coefficient (Wildman–Crippen LogP) is 2.60. The molecule has 4 rings (SSSR count). The number of carbonyl (C=O) groups excluding carboxylic acids is 4. The number of aromatic nitrogens is 3. The van der Waals surface area contributed by atoms with Crippen molar-refractivity contribution in [3.8, 4) is 23.1 Å². The first-order valence-corrected chi connectivity index (χ1v) is 13.0. The van der Waals surface area contributed by atoms with Crippen LogP contribution in [0.3, 0.4) is 0 Å². The largest absolute Gasteiger partial charge is 0.463 e. The van der Waals surface area contributed by atoms with E-state index in [4.69, 9.17) is 23.7 Å². The Bertz CT molecular complexity index is 1490. The molecule has 1 fully saturated rings. The molecule has 0 saturated carbocycles. The lowest BCUT2D eigenvalue weighted by Gasteiger charge is -2.44. The van der Waals surface area contributed by atoms with Crippen LogP contribution in [0.2, 0.25) is 0 Å². The zero-order valence-electron chi connectivity index (χ0n) is 23.4. The molecule has 2 heterocycles. The molecule has 1 saturated heterocycles. The standard InChI is InChI=1S/C30H29N3O9/c1-18(34)38-17-25-27(39-19(2)35)28(40-20(3)36)29(41-21(4)37)30(42-25)33-24(16-15-22-11-7-5-8-12-22)26(31-32-33)23-13-9-6-10-14-23/h5-14,25,27-30H,17H2,1-4H3/t25-,27-,28+,29-,30-/m1/s1.